The number of hydrogen-bond acceptors (Lipinski definition) is 4. The minimum atomic E-state index is -0.203. The lowest BCUT2D eigenvalue weighted by molar-refractivity contribution is 0.0958. The van der Waals surface area contributed by atoms with Gasteiger partial charge in [0.15, 0.2) is 0 Å². The highest BCUT2D eigenvalue weighted by atomic mass is 16.1. The lowest BCUT2D eigenvalue weighted by Crippen LogP contribution is -2.28. The fraction of sp³-hybridized carbons (Fsp3) is 0.333. The van der Waals surface area contributed by atoms with E-state index in [2.05, 4.69) is 57.6 Å². The van der Waals surface area contributed by atoms with E-state index in [0.717, 1.165) is 25.5 Å². The van der Waals surface area contributed by atoms with E-state index in [0.29, 0.717) is 17.5 Å². The highest BCUT2D eigenvalue weighted by molar-refractivity contribution is 5.94. The first-order chi connectivity index (χ1) is 12.7. The van der Waals surface area contributed by atoms with Gasteiger partial charge in [-0.1, -0.05) is 43.2 Å². The van der Waals surface area contributed by atoms with E-state index in [1.165, 1.54) is 5.56 Å². The molecule has 3 rings (SSSR count). The summed E-state index contributed by atoms with van der Waals surface area (Å²) in [5, 5.41) is 6.13. The standard InChI is InChI=1S/C21H24N4O/c1-3-11-22-21(26)18-9-10-20(23-12-18)24-19-15-25(13-16(19)2)14-17-7-5-4-6-8-17/h1,4-10,12,16,19H,11,13-15H2,2H3,(H,22,26)(H,23,24). The number of nitrogens with zero attached hydrogens (tertiary/aromatic N) is 2. The van der Waals surface area contributed by atoms with Crippen molar-refractivity contribution in [3.05, 3.63) is 59.8 Å². The minimum Gasteiger partial charge on any atom is -0.366 e. The number of amides is 1. The zero-order valence-electron chi connectivity index (χ0n) is 15.0. The van der Waals surface area contributed by atoms with Crippen LogP contribution in [0.5, 0.6) is 0 Å². The van der Waals surface area contributed by atoms with Gasteiger partial charge in [0.2, 0.25) is 0 Å². The Morgan fingerprint density at radius 1 is 1.27 bits per heavy atom. The summed E-state index contributed by atoms with van der Waals surface area (Å²) in [7, 11) is 0. The first-order valence-corrected chi connectivity index (χ1v) is 8.86. The normalized spacial score (nSPS) is 19.7. The third-order valence-electron chi connectivity index (χ3n) is 4.65. The van der Waals surface area contributed by atoms with Crippen LogP contribution in [0.15, 0.2) is 48.7 Å². The second-order valence-corrected chi connectivity index (χ2v) is 6.73. The van der Waals surface area contributed by atoms with Crippen LogP contribution in [-0.2, 0) is 6.54 Å². The van der Waals surface area contributed by atoms with E-state index in [9.17, 15) is 4.79 Å². The van der Waals surface area contributed by atoms with Gasteiger partial charge in [-0.05, 0) is 23.6 Å². The molecule has 1 aliphatic heterocycles. The number of likely N-dealkylation sites (tertiary alicyclic amines) is 1. The maximum atomic E-state index is 11.9. The Hall–Kier alpha value is -2.84. The van der Waals surface area contributed by atoms with Crippen LogP contribution in [-0.4, -0.2) is 41.5 Å². The Labute approximate surface area is 154 Å². The molecule has 0 bridgehead atoms. The summed E-state index contributed by atoms with van der Waals surface area (Å²) in [5.74, 6) is 3.50. The summed E-state index contributed by atoms with van der Waals surface area (Å²) in [6.07, 6.45) is 6.73. The van der Waals surface area contributed by atoms with E-state index < -0.39 is 0 Å². The fourth-order valence-corrected chi connectivity index (χ4v) is 3.26. The molecule has 0 radical (unpaired) electrons. The molecule has 134 valence electrons. The van der Waals surface area contributed by atoms with Crippen LogP contribution >= 0.6 is 0 Å². The number of carbonyl (C=O) groups is 1. The third kappa shape index (κ3) is 4.62. The summed E-state index contributed by atoms with van der Waals surface area (Å²) in [6, 6.07) is 14.5. The summed E-state index contributed by atoms with van der Waals surface area (Å²) in [5.41, 5.74) is 1.84. The third-order valence-corrected chi connectivity index (χ3v) is 4.65. The number of hydrogen-bond donors (Lipinski definition) is 2. The van der Waals surface area contributed by atoms with Gasteiger partial charge in [0.05, 0.1) is 12.1 Å². The summed E-state index contributed by atoms with van der Waals surface area (Å²) < 4.78 is 0. The highest BCUT2D eigenvalue weighted by Crippen LogP contribution is 2.22. The van der Waals surface area contributed by atoms with E-state index in [1.54, 1.807) is 12.3 Å². The molecule has 1 aliphatic rings. The van der Waals surface area contributed by atoms with Gasteiger partial charge in [-0.2, -0.15) is 0 Å². The van der Waals surface area contributed by atoms with Crippen molar-refractivity contribution in [1.29, 1.82) is 0 Å². The van der Waals surface area contributed by atoms with Gasteiger partial charge in [-0.3, -0.25) is 9.69 Å². The van der Waals surface area contributed by atoms with Crippen molar-refractivity contribution in [2.45, 2.75) is 19.5 Å². The van der Waals surface area contributed by atoms with Crippen LogP contribution in [0, 0.1) is 18.3 Å². The number of benzene rings is 1. The molecule has 26 heavy (non-hydrogen) atoms. The minimum absolute atomic E-state index is 0.203. The molecule has 1 amide bonds. The second-order valence-electron chi connectivity index (χ2n) is 6.73. The molecule has 0 aliphatic carbocycles. The maximum absolute atomic E-state index is 11.9. The summed E-state index contributed by atoms with van der Waals surface area (Å²) in [4.78, 5) is 18.7. The van der Waals surface area contributed by atoms with Gasteiger partial charge in [0.1, 0.15) is 5.82 Å². The number of anilines is 1. The predicted molar refractivity (Wildman–Crippen MR) is 104 cm³/mol. The van der Waals surface area contributed by atoms with Crippen molar-refractivity contribution >= 4 is 11.7 Å². The van der Waals surface area contributed by atoms with E-state index in [1.807, 2.05) is 12.1 Å². The van der Waals surface area contributed by atoms with E-state index in [-0.39, 0.29) is 12.5 Å². The molecular formula is C21H24N4O. The number of terminal acetylenes is 1. The van der Waals surface area contributed by atoms with Gasteiger partial charge in [-0.25, -0.2) is 4.98 Å². The second kappa shape index (κ2) is 8.50. The lowest BCUT2D eigenvalue weighted by atomic mass is 10.1. The average molecular weight is 348 g/mol. The number of aromatic nitrogens is 1. The number of pyridine rings is 1. The van der Waals surface area contributed by atoms with Crippen LogP contribution in [0.25, 0.3) is 0 Å². The quantitative estimate of drug-likeness (QED) is 0.787. The molecule has 2 atom stereocenters. The van der Waals surface area contributed by atoms with Crippen molar-refractivity contribution < 1.29 is 4.79 Å². The number of carbonyl (C=O) groups excluding carboxylic acids is 1. The largest absolute Gasteiger partial charge is 0.366 e. The van der Waals surface area contributed by atoms with Gasteiger partial charge in [0.25, 0.3) is 5.91 Å². The van der Waals surface area contributed by atoms with Gasteiger partial charge in [0, 0.05) is 31.9 Å². The number of nitrogens with one attached hydrogen (secondary N) is 2. The Morgan fingerprint density at radius 2 is 2.08 bits per heavy atom. The zero-order chi connectivity index (χ0) is 18.4. The Kier molecular flexibility index (Phi) is 5.88. The van der Waals surface area contributed by atoms with Crippen molar-refractivity contribution in [3.8, 4) is 12.3 Å². The van der Waals surface area contributed by atoms with Crippen LogP contribution in [0.3, 0.4) is 0 Å². The summed E-state index contributed by atoms with van der Waals surface area (Å²) in [6.45, 7) is 5.46. The van der Waals surface area contributed by atoms with Crippen molar-refractivity contribution in [2.75, 3.05) is 25.0 Å². The Bertz CT molecular complexity index is 767. The summed E-state index contributed by atoms with van der Waals surface area (Å²) >= 11 is 0. The molecule has 0 spiro atoms. The SMILES string of the molecule is C#CCNC(=O)c1ccc(NC2CN(Cc3ccccc3)CC2C)nc1. The number of rotatable bonds is 6. The molecule has 1 fully saturated rings. The molecule has 2 N–H and O–H groups in total. The molecule has 1 aromatic heterocycles. The first-order valence-electron chi connectivity index (χ1n) is 8.86. The molecule has 1 saturated heterocycles. The molecule has 0 saturated carbocycles. The molecule has 1 aromatic carbocycles. The topological polar surface area (TPSA) is 57.3 Å². The van der Waals surface area contributed by atoms with Crippen LogP contribution < -0.4 is 10.6 Å². The molecule has 2 heterocycles. The van der Waals surface area contributed by atoms with Crippen molar-refractivity contribution in [3.63, 3.8) is 0 Å². The van der Waals surface area contributed by atoms with Crippen LogP contribution in [0.2, 0.25) is 0 Å². The zero-order valence-corrected chi connectivity index (χ0v) is 15.0. The Morgan fingerprint density at radius 3 is 2.77 bits per heavy atom. The first kappa shape index (κ1) is 18.0. The van der Waals surface area contributed by atoms with E-state index >= 15 is 0 Å². The molecular weight excluding hydrogens is 324 g/mol. The molecule has 5 heteroatoms. The molecule has 2 aromatic rings. The Balaban J connectivity index is 1.55. The van der Waals surface area contributed by atoms with Gasteiger partial charge < -0.3 is 10.6 Å². The predicted octanol–water partition coefficient (Wildman–Crippen LogP) is 2.38. The lowest BCUT2D eigenvalue weighted by Gasteiger charge is -2.18. The molecule has 2 unspecified atom stereocenters. The monoisotopic (exact) mass is 348 g/mol. The van der Waals surface area contributed by atoms with Gasteiger partial charge in [-0.15, -0.1) is 6.42 Å². The van der Waals surface area contributed by atoms with Crippen molar-refractivity contribution in [2.24, 2.45) is 5.92 Å². The highest BCUT2D eigenvalue weighted by Gasteiger charge is 2.29. The molecule has 5 nitrogen and oxygen atoms in total. The smallest absolute Gasteiger partial charge is 0.253 e. The van der Waals surface area contributed by atoms with Crippen LogP contribution in [0.4, 0.5) is 5.82 Å². The average Bonchev–Trinajstić information content (AvgIpc) is 3.00. The van der Waals surface area contributed by atoms with Crippen molar-refractivity contribution in [1.82, 2.24) is 15.2 Å². The van der Waals surface area contributed by atoms with E-state index in [4.69, 9.17) is 6.42 Å². The van der Waals surface area contributed by atoms with Crippen LogP contribution in [0.1, 0.15) is 22.8 Å². The maximum Gasteiger partial charge on any atom is 0.253 e. The fourth-order valence-electron chi connectivity index (χ4n) is 3.26. The van der Waals surface area contributed by atoms with Gasteiger partial charge >= 0.3 is 0 Å².